The Bertz CT molecular complexity index is 724. The normalized spacial score (nSPS) is 9.95. The number of carbonyl (C=O) groups excluding carboxylic acids is 1. The minimum absolute atomic E-state index is 0.0792. The van der Waals surface area contributed by atoms with E-state index in [1.54, 1.807) is 18.2 Å². The molecule has 7 heteroatoms. The number of nitrogens with one attached hydrogen (secondary N) is 2. The van der Waals surface area contributed by atoms with Gasteiger partial charge in [0.1, 0.15) is 11.6 Å². The second-order valence-corrected chi connectivity index (χ2v) is 5.08. The van der Waals surface area contributed by atoms with Gasteiger partial charge >= 0.3 is 0 Å². The third kappa shape index (κ3) is 4.16. The molecule has 0 aliphatic carbocycles. The summed E-state index contributed by atoms with van der Waals surface area (Å²) >= 11 is 11.0. The number of anilines is 1. The van der Waals surface area contributed by atoms with Gasteiger partial charge in [0.05, 0.1) is 12.1 Å². The molecule has 0 aliphatic heterocycles. The highest BCUT2D eigenvalue weighted by atomic mass is 35.5. The molecule has 0 unspecified atom stereocenters. The van der Waals surface area contributed by atoms with Crippen molar-refractivity contribution in [2.75, 3.05) is 12.4 Å². The standard InChI is InChI=1S/C15H12ClFN2O2S/c1-21-13-6-5-11(8-12(13)16)18-15(22)19-14(20)9-3-2-4-10(17)7-9/h2-8H,1H3,(H2,18,19,20,22). The third-order valence-electron chi connectivity index (χ3n) is 2.72. The molecule has 0 radical (unpaired) electrons. The van der Waals surface area contributed by atoms with Gasteiger partial charge in [0.25, 0.3) is 5.91 Å². The van der Waals surface area contributed by atoms with Gasteiger partial charge in [-0.25, -0.2) is 4.39 Å². The molecule has 4 nitrogen and oxygen atoms in total. The van der Waals surface area contributed by atoms with E-state index in [1.807, 2.05) is 0 Å². The van der Waals surface area contributed by atoms with Gasteiger partial charge in [-0.05, 0) is 48.6 Å². The lowest BCUT2D eigenvalue weighted by molar-refractivity contribution is 0.0977. The average Bonchev–Trinajstić information content (AvgIpc) is 2.47. The van der Waals surface area contributed by atoms with E-state index in [0.29, 0.717) is 16.5 Å². The van der Waals surface area contributed by atoms with Crippen molar-refractivity contribution >= 4 is 40.5 Å². The topological polar surface area (TPSA) is 50.4 Å². The van der Waals surface area contributed by atoms with Crippen molar-refractivity contribution in [3.8, 4) is 5.75 Å². The summed E-state index contributed by atoms with van der Waals surface area (Å²) < 4.78 is 18.1. The Morgan fingerprint density at radius 1 is 1.27 bits per heavy atom. The Labute approximate surface area is 137 Å². The maximum Gasteiger partial charge on any atom is 0.257 e. The molecule has 0 saturated heterocycles. The highest BCUT2D eigenvalue weighted by molar-refractivity contribution is 7.80. The van der Waals surface area contributed by atoms with Gasteiger partial charge in [0, 0.05) is 11.3 Å². The molecule has 22 heavy (non-hydrogen) atoms. The van der Waals surface area contributed by atoms with Crippen LogP contribution in [0.15, 0.2) is 42.5 Å². The fourth-order valence-electron chi connectivity index (χ4n) is 1.71. The van der Waals surface area contributed by atoms with Crippen molar-refractivity contribution in [2.45, 2.75) is 0 Å². The van der Waals surface area contributed by atoms with Gasteiger partial charge in [0.15, 0.2) is 5.11 Å². The first-order valence-electron chi connectivity index (χ1n) is 6.21. The fraction of sp³-hybridized carbons (Fsp3) is 0.0667. The van der Waals surface area contributed by atoms with Gasteiger partial charge in [-0.3, -0.25) is 10.1 Å². The van der Waals surface area contributed by atoms with Crippen molar-refractivity contribution in [3.63, 3.8) is 0 Å². The van der Waals surface area contributed by atoms with Crippen LogP contribution in [0, 0.1) is 5.82 Å². The molecule has 0 spiro atoms. The van der Waals surface area contributed by atoms with Crippen molar-refractivity contribution < 1.29 is 13.9 Å². The molecule has 0 aromatic heterocycles. The minimum Gasteiger partial charge on any atom is -0.495 e. The zero-order valence-corrected chi connectivity index (χ0v) is 13.1. The van der Waals surface area contributed by atoms with E-state index in [1.165, 1.54) is 25.3 Å². The summed E-state index contributed by atoms with van der Waals surface area (Å²) in [7, 11) is 1.51. The van der Waals surface area contributed by atoms with Gasteiger partial charge in [-0.2, -0.15) is 0 Å². The summed E-state index contributed by atoms with van der Waals surface area (Å²) in [6.45, 7) is 0. The SMILES string of the molecule is COc1ccc(NC(=S)NC(=O)c2cccc(F)c2)cc1Cl. The van der Waals surface area contributed by atoms with Crippen molar-refractivity contribution in [1.82, 2.24) is 5.32 Å². The Kier molecular flexibility index (Phi) is 5.30. The number of benzene rings is 2. The summed E-state index contributed by atoms with van der Waals surface area (Å²) in [4.78, 5) is 11.9. The quantitative estimate of drug-likeness (QED) is 0.839. The largest absolute Gasteiger partial charge is 0.495 e. The molecule has 0 fully saturated rings. The van der Waals surface area contributed by atoms with Gasteiger partial charge < -0.3 is 10.1 Å². The van der Waals surface area contributed by atoms with Crippen LogP contribution in [0.25, 0.3) is 0 Å². The summed E-state index contributed by atoms with van der Waals surface area (Å²) in [6.07, 6.45) is 0. The third-order valence-corrected chi connectivity index (χ3v) is 3.22. The molecule has 0 aliphatic rings. The number of halogens is 2. The summed E-state index contributed by atoms with van der Waals surface area (Å²) in [6, 6.07) is 10.3. The first kappa shape index (κ1) is 16.2. The molecule has 0 saturated carbocycles. The van der Waals surface area contributed by atoms with Crippen LogP contribution in [0.2, 0.25) is 5.02 Å². The predicted octanol–water partition coefficient (Wildman–Crippen LogP) is 3.61. The number of methoxy groups -OCH3 is 1. The predicted molar refractivity (Wildman–Crippen MR) is 88.1 cm³/mol. The zero-order valence-electron chi connectivity index (χ0n) is 11.5. The van der Waals surface area contributed by atoms with E-state index in [2.05, 4.69) is 10.6 Å². The molecule has 114 valence electrons. The van der Waals surface area contributed by atoms with E-state index in [0.717, 1.165) is 6.07 Å². The van der Waals surface area contributed by atoms with Crippen LogP contribution in [-0.4, -0.2) is 18.1 Å². The maximum atomic E-state index is 13.1. The van der Waals surface area contributed by atoms with Crippen LogP contribution >= 0.6 is 23.8 Å². The molecule has 2 rings (SSSR count). The maximum absolute atomic E-state index is 13.1. The first-order valence-corrected chi connectivity index (χ1v) is 6.99. The zero-order chi connectivity index (χ0) is 16.1. The smallest absolute Gasteiger partial charge is 0.257 e. The number of carbonyl (C=O) groups is 1. The second kappa shape index (κ2) is 7.20. The van der Waals surface area contributed by atoms with Crippen molar-refractivity contribution in [2.24, 2.45) is 0 Å². The molecule has 0 atom stereocenters. The molecular formula is C15H12ClFN2O2S. The number of hydrogen-bond donors (Lipinski definition) is 2. The van der Waals surface area contributed by atoms with E-state index in [4.69, 9.17) is 28.6 Å². The Morgan fingerprint density at radius 2 is 2.05 bits per heavy atom. The van der Waals surface area contributed by atoms with Crippen LogP contribution in [0.3, 0.4) is 0 Å². The molecule has 2 N–H and O–H groups in total. The van der Waals surface area contributed by atoms with Crippen molar-refractivity contribution in [3.05, 3.63) is 58.9 Å². The Morgan fingerprint density at radius 3 is 2.68 bits per heavy atom. The van der Waals surface area contributed by atoms with Gasteiger partial charge in [-0.1, -0.05) is 17.7 Å². The van der Waals surface area contributed by atoms with Crippen LogP contribution in [-0.2, 0) is 0 Å². The summed E-state index contributed by atoms with van der Waals surface area (Å²) in [5.41, 5.74) is 0.771. The lowest BCUT2D eigenvalue weighted by Gasteiger charge is -2.11. The van der Waals surface area contributed by atoms with Gasteiger partial charge in [0.2, 0.25) is 0 Å². The lowest BCUT2D eigenvalue weighted by Crippen LogP contribution is -2.34. The number of thiocarbonyl (C=S) groups is 1. The highest BCUT2D eigenvalue weighted by Gasteiger charge is 2.09. The Hall–Kier alpha value is -2.18. The lowest BCUT2D eigenvalue weighted by atomic mass is 10.2. The minimum atomic E-state index is -0.503. The molecule has 1 amide bonds. The number of hydrogen-bond acceptors (Lipinski definition) is 3. The van der Waals surface area contributed by atoms with E-state index in [9.17, 15) is 9.18 Å². The average molecular weight is 339 g/mol. The van der Waals surface area contributed by atoms with Crippen LogP contribution in [0.5, 0.6) is 5.75 Å². The summed E-state index contributed by atoms with van der Waals surface area (Å²) in [5, 5.41) is 5.76. The number of ether oxygens (including phenoxy) is 1. The summed E-state index contributed by atoms with van der Waals surface area (Å²) in [5.74, 6) is -0.466. The van der Waals surface area contributed by atoms with Crippen LogP contribution in [0.4, 0.5) is 10.1 Å². The molecule has 2 aromatic carbocycles. The van der Waals surface area contributed by atoms with E-state index < -0.39 is 11.7 Å². The molecule has 2 aromatic rings. The van der Waals surface area contributed by atoms with Gasteiger partial charge in [-0.15, -0.1) is 0 Å². The van der Waals surface area contributed by atoms with Crippen LogP contribution in [0.1, 0.15) is 10.4 Å². The fourth-order valence-corrected chi connectivity index (χ4v) is 2.18. The van der Waals surface area contributed by atoms with E-state index in [-0.39, 0.29) is 10.7 Å². The second-order valence-electron chi connectivity index (χ2n) is 4.27. The number of amides is 1. The van der Waals surface area contributed by atoms with Crippen LogP contribution < -0.4 is 15.4 Å². The van der Waals surface area contributed by atoms with E-state index >= 15 is 0 Å². The molecule has 0 heterocycles. The first-order chi connectivity index (χ1) is 10.5. The monoisotopic (exact) mass is 338 g/mol. The van der Waals surface area contributed by atoms with Crippen molar-refractivity contribution in [1.29, 1.82) is 0 Å². The highest BCUT2D eigenvalue weighted by Crippen LogP contribution is 2.27. The molecular weight excluding hydrogens is 327 g/mol. The number of rotatable bonds is 3. The molecule has 0 bridgehead atoms. The Balaban J connectivity index is 2.01.